The molecular formula is C125H112N2. The van der Waals surface area contributed by atoms with Crippen molar-refractivity contribution in [3.05, 3.63) is 405 Å². The predicted octanol–water partition coefficient (Wildman–Crippen LogP) is 34.3. The second kappa shape index (κ2) is 28.1. The van der Waals surface area contributed by atoms with Crippen molar-refractivity contribution in [3.63, 3.8) is 0 Å². The van der Waals surface area contributed by atoms with E-state index in [-0.39, 0.29) is 37.9 Å². The van der Waals surface area contributed by atoms with E-state index in [0.29, 0.717) is 11.8 Å². The van der Waals surface area contributed by atoms with Crippen molar-refractivity contribution < 1.29 is 0 Å². The summed E-state index contributed by atoms with van der Waals surface area (Å²) in [6, 6.07) is 129. The average molecular weight is 1640 g/mol. The Hall–Kier alpha value is -12.9. The Kier molecular flexibility index (Phi) is 17.4. The van der Waals surface area contributed by atoms with Crippen LogP contribution in [0, 0.1) is 11.8 Å². The highest BCUT2D eigenvalue weighted by molar-refractivity contribution is 6.01. The van der Waals surface area contributed by atoms with Gasteiger partial charge < -0.3 is 9.80 Å². The third-order valence-electron chi connectivity index (χ3n) is 31.9. The van der Waals surface area contributed by atoms with Crippen LogP contribution in [0.2, 0.25) is 0 Å². The molecule has 2 nitrogen and oxygen atoms in total. The quantitative estimate of drug-likeness (QED) is 0.0951. The minimum atomic E-state index is -0.352. The third-order valence-corrected chi connectivity index (χ3v) is 31.9. The van der Waals surface area contributed by atoms with Gasteiger partial charge in [-0.05, 0) is 359 Å². The SMILES string of the molecule is CC(C)CCC1(CCC(C)C)c2cc(-c3ccc4c(c3)C(C)(C)c3cc(N(c5ccccc5)c5ccc6c(c5)C(C)(C)c5ccccc5-6)ccc3-4)c(-c3ccc4c(c3)C(C)(C)c3ccccc3-4)cc2-c2cc(-c3ccc4c(c3)C(C)(C)c3ccccc3-4)c(-c3ccc4c(c3)C(C)(C)c3cc(N(c5ccccc5)c5ccc6c(c5)C(C)(C)c5ccccc5-6)ccc3-4)cc21. The van der Waals surface area contributed by atoms with E-state index < -0.39 is 0 Å². The molecule has 0 N–H and O–H groups in total. The summed E-state index contributed by atoms with van der Waals surface area (Å²) in [6.45, 7) is 39.1. The smallest absolute Gasteiger partial charge is 0.0465 e. The van der Waals surface area contributed by atoms with Gasteiger partial charge >= 0.3 is 0 Å². The largest absolute Gasteiger partial charge is 0.310 e. The summed E-state index contributed by atoms with van der Waals surface area (Å²) in [5, 5.41) is 0. The average Bonchev–Trinajstić information content (AvgIpc) is 1.52. The van der Waals surface area contributed by atoms with Crippen LogP contribution in [-0.4, -0.2) is 0 Å². The van der Waals surface area contributed by atoms with E-state index in [2.05, 4.69) is 448 Å². The molecule has 127 heavy (non-hydrogen) atoms. The van der Waals surface area contributed by atoms with E-state index in [0.717, 1.165) is 59.8 Å². The van der Waals surface area contributed by atoms with Crippen LogP contribution < -0.4 is 9.80 Å². The van der Waals surface area contributed by atoms with E-state index in [1.54, 1.807) is 0 Å². The maximum Gasteiger partial charge on any atom is 0.0465 e. The molecule has 0 bridgehead atoms. The highest BCUT2D eigenvalue weighted by Crippen LogP contribution is 2.64. The summed E-state index contributed by atoms with van der Waals surface area (Å²) in [5.41, 5.74) is 53.5. The minimum absolute atomic E-state index is 0.143. The Labute approximate surface area is 752 Å². The van der Waals surface area contributed by atoms with E-state index in [1.165, 1.54) is 200 Å². The van der Waals surface area contributed by atoms with Crippen LogP contribution in [0.4, 0.5) is 34.1 Å². The van der Waals surface area contributed by atoms with Crippen LogP contribution >= 0.6 is 0 Å². The van der Waals surface area contributed by atoms with Crippen LogP contribution in [0.1, 0.15) is 214 Å². The number of benzene rings is 16. The van der Waals surface area contributed by atoms with Gasteiger partial charge in [-0.25, -0.2) is 0 Å². The van der Waals surface area contributed by atoms with Gasteiger partial charge in [0, 0.05) is 72.0 Å². The van der Waals surface area contributed by atoms with Crippen LogP contribution in [-0.2, 0) is 37.9 Å². The first-order valence-corrected chi connectivity index (χ1v) is 46.8. The molecule has 0 saturated heterocycles. The Balaban J connectivity index is 0.705. The van der Waals surface area contributed by atoms with Gasteiger partial charge in [-0.3, -0.25) is 0 Å². The number of rotatable bonds is 16. The molecule has 0 atom stereocenters. The van der Waals surface area contributed by atoms with Crippen molar-refractivity contribution in [3.8, 4) is 122 Å². The zero-order chi connectivity index (χ0) is 87.1. The lowest BCUT2D eigenvalue weighted by Crippen LogP contribution is -2.27. The van der Waals surface area contributed by atoms with Crippen LogP contribution in [0.25, 0.3) is 122 Å². The van der Waals surface area contributed by atoms with Crippen LogP contribution in [0.3, 0.4) is 0 Å². The maximum atomic E-state index is 2.77. The molecule has 0 saturated carbocycles. The fraction of sp³-hybridized carbons (Fsp3) is 0.232. The Morgan fingerprint density at radius 1 is 0.173 bits per heavy atom. The molecule has 622 valence electrons. The number of hydrogen-bond donors (Lipinski definition) is 0. The minimum Gasteiger partial charge on any atom is -0.310 e. The Morgan fingerprint density at radius 3 is 0.646 bits per heavy atom. The molecule has 7 aliphatic rings. The van der Waals surface area contributed by atoms with Gasteiger partial charge in [0.25, 0.3) is 0 Å². The first-order valence-electron chi connectivity index (χ1n) is 46.8. The van der Waals surface area contributed by atoms with Gasteiger partial charge in [-0.1, -0.05) is 317 Å². The first-order chi connectivity index (χ1) is 61.1. The molecule has 0 spiro atoms. The van der Waals surface area contributed by atoms with Crippen molar-refractivity contribution >= 4 is 34.1 Å². The summed E-state index contributed by atoms with van der Waals surface area (Å²) >= 11 is 0. The molecule has 0 fully saturated rings. The molecule has 16 aromatic rings. The fourth-order valence-electron chi connectivity index (χ4n) is 24.8. The molecule has 0 radical (unpaired) electrons. The lowest BCUT2D eigenvalue weighted by molar-refractivity contribution is 0.364. The van der Waals surface area contributed by atoms with Crippen molar-refractivity contribution in [1.29, 1.82) is 0 Å². The maximum absolute atomic E-state index is 2.77. The van der Waals surface area contributed by atoms with Crippen molar-refractivity contribution in [1.82, 2.24) is 0 Å². The number of para-hydroxylation sites is 2. The summed E-state index contributed by atoms with van der Waals surface area (Å²) in [5.74, 6) is 0.967. The van der Waals surface area contributed by atoms with Crippen molar-refractivity contribution in [2.75, 3.05) is 9.80 Å². The second-order valence-corrected chi connectivity index (χ2v) is 42.1. The van der Waals surface area contributed by atoms with E-state index in [1.807, 2.05) is 0 Å². The zero-order valence-electron chi connectivity index (χ0n) is 76.6. The predicted molar refractivity (Wildman–Crippen MR) is 537 cm³/mol. The van der Waals surface area contributed by atoms with Crippen molar-refractivity contribution in [2.24, 2.45) is 11.8 Å². The molecule has 7 aliphatic carbocycles. The van der Waals surface area contributed by atoms with Crippen LogP contribution in [0.15, 0.2) is 328 Å². The number of anilines is 6. The normalized spacial score (nSPS) is 16.1. The molecule has 23 rings (SSSR count). The number of fused-ring (bicyclic) bond motifs is 21. The molecule has 16 aromatic carbocycles. The van der Waals surface area contributed by atoms with Gasteiger partial charge in [0.15, 0.2) is 0 Å². The lowest BCUT2D eigenvalue weighted by atomic mass is 9.68. The summed E-state index contributed by atoms with van der Waals surface area (Å²) in [4.78, 5) is 4.99. The Bertz CT molecular complexity index is 6890. The first kappa shape index (κ1) is 78.8. The third kappa shape index (κ3) is 11.6. The molecule has 0 aliphatic heterocycles. The van der Waals surface area contributed by atoms with E-state index in [9.17, 15) is 0 Å². The molecule has 2 heteroatoms. The highest BCUT2D eigenvalue weighted by atomic mass is 15.1. The standard InChI is InChI=1S/C125H112N2/c1-75(2)59-61-125(62-60-76(3)4)117-73-101(79-45-53-93-97-57-49-85(69-115(97)123(13,14)111(93)65-79)126(81-31-19-17-20-32-81)83-47-55-95-89-37-25-29-41-107(89)121(9,10)113(95)67-83)99(77-43-51-91-87-35-23-27-39-105(87)119(5,6)109(91)63-77)71-103(117)104-72-100(78-44-52-92-88-36-24-28-40-106(88)120(7,8)110(92)64-78)102(74-118(104)125)80-46-54-94-98-58-50-86(70-116(98)124(15,16)112(94)66-80)127(82-33-21-18-22-34-82)84-48-56-96-90-38-26-30-42-108(90)122(11,12)114(96)68-84/h17-58,63-76H,59-62H2,1-16H3. The summed E-state index contributed by atoms with van der Waals surface area (Å²) < 4.78 is 0. The van der Waals surface area contributed by atoms with E-state index >= 15 is 0 Å². The van der Waals surface area contributed by atoms with Crippen LogP contribution in [0.5, 0.6) is 0 Å². The monoisotopic (exact) mass is 1640 g/mol. The van der Waals surface area contributed by atoms with Gasteiger partial charge in [-0.15, -0.1) is 0 Å². The summed E-state index contributed by atoms with van der Waals surface area (Å²) in [7, 11) is 0. The highest BCUT2D eigenvalue weighted by Gasteiger charge is 2.48. The summed E-state index contributed by atoms with van der Waals surface area (Å²) in [6.07, 6.45) is 4.24. The zero-order valence-corrected chi connectivity index (χ0v) is 76.6. The lowest BCUT2D eigenvalue weighted by Gasteiger charge is -2.35. The number of nitrogens with zero attached hydrogens (tertiary/aromatic N) is 2. The van der Waals surface area contributed by atoms with Gasteiger partial charge in [0.2, 0.25) is 0 Å². The fourth-order valence-corrected chi connectivity index (χ4v) is 24.8. The Morgan fingerprint density at radius 2 is 0.386 bits per heavy atom. The second-order valence-electron chi connectivity index (χ2n) is 42.1. The van der Waals surface area contributed by atoms with Gasteiger partial charge in [0.05, 0.1) is 0 Å². The van der Waals surface area contributed by atoms with Gasteiger partial charge in [-0.2, -0.15) is 0 Å². The molecule has 0 heterocycles. The van der Waals surface area contributed by atoms with E-state index in [4.69, 9.17) is 0 Å². The molecular weight excluding hydrogens is 1530 g/mol. The molecule has 0 aromatic heterocycles. The number of hydrogen-bond acceptors (Lipinski definition) is 2. The van der Waals surface area contributed by atoms with Gasteiger partial charge in [0.1, 0.15) is 0 Å². The van der Waals surface area contributed by atoms with Crippen molar-refractivity contribution in [2.45, 2.75) is 174 Å². The molecule has 0 unspecified atom stereocenters. The molecule has 0 amide bonds. The topological polar surface area (TPSA) is 6.48 Å².